The van der Waals surface area contributed by atoms with Crippen LogP contribution in [0.5, 0.6) is 0 Å². The summed E-state index contributed by atoms with van der Waals surface area (Å²) >= 11 is 5.94. The minimum absolute atomic E-state index is 0.00963. The molecule has 0 atom stereocenters. The molecular formula is C85H89ClF6N18O24S6. The van der Waals surface area contributed by atoms with Gasteiger partial charge in [0.15, 0.2) is 42.3 Å². The molecule has 12 aromatic rings. The number of pyridine rings is 4. The first-order valence-electron chi connectivity index (χ1n) is 42.0. The normalized spacial score (nSPS) is 15.6. The number of carbonyl (C=O) groups is 2. The van der Waals surface area contributed by atoms with Gasteiger partial charge in [0.1, 0.15) is 67.2 Å². The Morgan fingerprint density at radius 3 is 1.21 bits per heavy atom. The summed E-state index contributed by atoms with van der Waals surface area (Å²) in [5, 5.41) is 27.6. The van der Waals surface area contributed by atoms with Crippen molar-refractivity contribution in [2.24, 2.45) is 14.1 Å². The number of aromatic nitrogens is 12. The Hall–Kier alpha value is -12.9. The minimum Gasteiger partial charge on any atom is -0.480 e. The molecule has 8 aromatic heterocycles. The molecule has 748 valence electrons. The van der Waals surface area contributed by atoms with Gasteiger partial charge in [0, 0.05) is 134 Å². The standard InChI is InChI=1S/C22H28FN5O3S.C21H21F3N4O7S2.C20H17ClFN5O5S.C20H23FN4O5S2.2CO2/c1-15-5-6-20(18(23)11-15)32(30,31)27-9-7-17(8-10-27)28-21-19(26(4)22(28)29)12-16(13-24-21)14-25(2)3;1-36(32,33)15-4-2-3-5-16(15)37(34,35)26-10-7-13(8-11-26)28-19-18(27(20(28)31)12-17(29)30)14(6-9-25-19)21(22,23)24;21-15-9-13(22)1-2-16(15)33(31,32)25-7-4-14(5-8-25)27-19-18(12(10-23)3-6-24-19)26(20(27)30)11-17(28)29;1-13-4-5-18(16(21)10-13)32(29,30)24-8-6-14(7-9-24)25-19-17(23(2)20(25)26)11-15(12-22-19)31(3,27)28;2*2-1-3/h5-6,11-13,17H,7-10,14H2,1-4H3;2-6,9,13H,7-8,10-12H2,1H3,(H,29,30);1-3,6,9,14H,4-5,7-8,11H2,(H,28,29);4-5,10-12,14H,6-9H2,1-3H3;;. The SMILES string of the molecule is CS(=O)(=O)c1ccccc1S(=O)(=O)N1CCC(n2c(=O)n(CC(=O)O)c3c(C(F)(F)F)ccnc32)CC1.Cc1ccc(S(=O)(=O)N2CCC(n3c(=O)n(C)c4cc(CN(C)C)cnc43)CC2)c(F)c1.Cc1ccc(S(=O)(=O)N2CCC(n3c(=O)n(C)c4cc(S(C)(=O)=O)cnc43)CC2)c(F)c1.N#Cc1ccnc2c1n(CC(=O)O)c(=O)n2C1CCN(S(=O)(=O)c2ccc(F)cc2Cl)CC1.O=C=O.O=C=O. The number of rotatable bonds is 20. The lowest BCUT2D eigenvalue weighted by atomic mass is 10.1. The van der Waals surface area contributed by atoms with E-state index < -0.39 is 148 Å². The smallest absolute Gasteiger partial charge is 0.418 e. The number of aryl methyl sites for hydroxylation is 4. The summed E-state index contributed by atoms with van der Waals surface area (Å²) in [7, 11) is -16.3. The van der Waals surface area contributed by atoms with E-state index in [-0.39, 0.29) is 166 Å². The zero-order valence-electron chi connectivity index (χ0n) is 75.4. The van der Waals surface area contributed by atoms with Crippen molar-refractivity contribution in [2.75, 3.05) is 79.0 Å². The van der Waals surface area contributed by atoms with E-state index in [1.807, 2.05) is 31.1 Å². The highest BCUT2D eigenvalue weighted by Crippen LogP contribution is 2.40. The van der Waals surface area contributed by atoms with Crippen LogP contribution in [-0.2, 0) is 128 Å². The van der Waals surface area contributed by atoms with Crippen molar-refractivity contribution in [3.63, 3.8) is 0 Å². The van der Waals surface area contributed by atoms with Crippen LogP contribution in [0.3, 0.4) is 0 Å². The molecule has 16 rings (SSSR count). The molecule has 0 radical (unpaired) electrons. The van der Waals surface area contributed by atoms with Crippen LogP contribution in [0.25, 0.3) is 44.7 Å². The van der Waals surface area contributed by atoms with Crippen LogP contribution < -0.4 is 22.8 Å². The average Bonchev–Trinajstić information content (AvgIpc) is 1.58. The molecule has 55 heteroatoms. The maximum absolute atomic E-state index is 14.3. The number of sulfonamides is 4. The van der Waals surface area contributed by atoms with Gasteiger partial charge < -0.3 is 15.1 Å². The summed E-state index contributed by atoms with van der Waals surface area (Å²) in [6.07, 6.45) is 4.82. The number of nitrogens with zero attached hydrogens (tertiary/aromatic N) is 18. The lowest BCUT2D eigenvalue weighted by Crippen LogP contribution is -2.41. The Balaban J connectivity index is 0.000000175. The van der Waals surface area contributed by atoms with E-state index in [4.69, 9.17) is 30.8 Å². The second kappa shape index (κ2) is 43.1. The van der Waals surface area contributed by atoms with E-state index >= 15 is 0 Å². The fraction of sp³-hybridized carbons (Fsp3) is 0.376. The molecule has 2 N–H and O–H groups in total. The van der Waals surface area contributed by atoms with Gasteiger partial charge in [-0.1, -0.05) is 35.9 Å². The molecule has 0 amide bonds. The van der Waals surface area contributed by atoms with Gasteiger partial charge in [-0.25, -0.2) is 103 Å². The van der Waals surface area contributed by atoms with E-state index in [2.05, 4.69) is 19.9 Å². The highest BCUT2D eigenvalue weighted by Gasteiger charge is 2.42. The molecule has 0 spiro atoms. The summed E-state index contributed by atoms with van der Waals surface area (Å²) in [4.78, 5) is 125. The predicted molar refractivity (Wildman–Crippen MR) is 485 cm³/mol. The second-order valence-electron chi connectivity index (χ2n) is 32.9. The quantitative estimate of drug-likeness (QED) is 0.0777. The van der Waals surface area contributed by atoms with Crippen LogP contribution in [0.15, 0.2) is 176 Å². The fourth-order valence-corrected chi connectivity index (χ4v) is 25.6. The molecule has 4 saturated heterocycles. The molecule has 0 aliphatic carbocycles. The number of sulfone groups is 2. The second-order valence-corrected chi connectivity index (χ2v) is 45.0. The van der Waals surface area contributed by atoms with E-state index in [9.17, 15) is 121 Å². The Morgan fingerprint density at radius 2 is 0.836 bits per heavy atom. The number of alkyl halides is 3. The minimum atomic E-state index is -4.88. The first-order chi connectivity index (χ1) is 65.6. The number of nitriles is 1. The third-order valence-electron chi connectivity index (χ3n) is 23.5. The molecule has 0 unspecified atom stereocenters. The van der Waals surface area contributed by atoms with Gasteiger partial charge >= 0.3 is 53.2 Å². The van der Waals surface area contributed by atoms with Crippen molar-refractivity contribution < 1.29 is 116 Å². The summed E-state index contributed by atoms with van der Waals surface area (Å²) in [5.41, 5.74) is 0.390. The Labute approximate surface area is 798 Å². The van der Waals surface area contributed by atoms with E-state index in [0.29, 0.717) is 70.8 Å². The van der Waals surface area contributed by atoms with Gasteiger partial charge in [0.05, 0.1) is 37.0 Å². The molecule has 42 nitrogen and oxygen atoms in total. The van der Waals surface area contributed by atoms with Crippen molar-refractivity contribution in [1.82, 2.24) is 78.6 Å². The summed E-state index contributed by atoms with van der Waals surface area (Å²) < 4.78 is 250. The number of aliphatic carboxylic acids is 2. The topological polar surface area (TPSA) is 547 Å². The summed E-state index contributed by atoms with van der Waals surface area (Å²) in [6.45, 7) is 2.88. The van der Waals surface area contributed by atoms with E-state index in [1.54, 1.807) is 48.4 Å². The molecule has 4 fully saturated rings. The number of carboxylic acids is 2. The predicted octanol–water partition coefficient (Wildman–Crippen LogP) is 6.42. The summed E-state index contributed by atoms with van der Waals surface area (Å²) in [6, 6.07) is 22.0. The van der Waals surface area contributed by atoms with Gasteiger partial charge in [0.2, 0.25) is 40.1 Å². The molecule has 0 bridgehead atoms. The average molecular weight is 2090 g/mol. The van der Waals surface area contributed by atoms with Crippen molar-refractivity contribution in [3.05, 3.63) is 220 Å². The summed E-state index contributed by atoms with van der Waals surface area (Å²) in [5.74, 6) is -4.96. The Kier molecular flexibility index (Phi) is 33.1. The van der Waals surface area contributed by atoms with Gasteiger partial charge in [-0.05, 0) is 175 Å². The zero-order valence-corrected chi connectivity index (χ0v) is 81.0. The zero-order chi connectivity index (χ0) is 103. The third kappa shape index (κ3) is 22.7. The van der Waals surface area contributed by atoms with Crippen LogP contribution in [-0.4, -0.2) is 243 Å². The Morgan fingerprint density at radius 1 is 0.471 bits per heavy atom. The number of fused-ring (bicyclic) bond motifs is 4. The van der Waals surface area contributed by atoms with Crippen molar-refractivity contribution >= 4 is 140 Å². The van der Waals surface area contributed by atoms with Gasteiger partial charge in [-0.3, -0.25) is 46.1 Å². The highest BCUT2D eigenvalue weighted by molar-refractivity contribution is 7.93. The molecule has 4 aromatic carbocycles. The molecule has 4 aliphatic heterocycles. The maximum atomic E-state index is 14.3. The third-order valence-corrected chi connectivity index (χ3v) is 34.0. The fourth-order valence-electron chi connectivity index (χ4n) is 17.0. The molecular weight excluding hydrogens is 2000 g/mol. The molecule has 140 heavy (non-hydrogen) atoms. The van der Waals surface area contributed by atoms with Crippen LogP contribution in [0, 0.1) is 42.6 Å². The lowest BCUT2D eigenvalue weighted by Gasteiger charge is -2.32. The van der Waals surface area contributed by atoms with E-state index in [1.165, 1.54) is 107 Å². The molecule has 12 heterocycles. The number of carbonyl (C=O) groups excluding carboxylic acids is 4. The van der Waals surface area contributed by atoms with E-state index in [0.717, 1.165) is 61.4 Å². The first kappa shape index (κ1) is 108. The number of halogens is 7. The number of imidazole rings is 4. The maximum Gasteiger partial charge on any atom is 0.418 e. The van der Waals surface area contributed by atoms with Crippen LogP contribution >= 0.6 is 11.6 Å². The number of hydrogen-bond acceptors (Lipinski definition) is 28. The highest BCUT2D eigenvalue weighted by atomic mass is 35.5. The largest absolute Gasteiger partial charge is 0.480 e. The Bertz CT molecular complexity index is 7960. The number of piperidine rings is 4. The van der Waals surface area contributed by atoms with Crippen molar-refractivity contribution in [2.45, 2.75) is 145 Å². The molecule has 0 saturated carbocycles. The van der Waals surface area contributed by atoms with Gasteiger partial charge in [-0.15, -0.1) is 0 Å². The number of carboxylic acid groups (broad SMARTS) is 2. The van der Waals surface area contributed by atoms with Crippen LogP contribution in [0.1, 0.15) is 103 Å². The van der Waals surface area contributed by atoms with Crippen molar-refractivity contribution in [3.8, 4) is 6.07 Å². The number of hydrogen-bond donors (Lipinski definition) is 2. The monoisotopic (exact) mass is 2090 g/mol. The van der Waals surface area contributed by atoms with Gasteiger partial charge in [-0.2, -0.15) is 54.8 Å². The van der Waals surface area contributed by atoms with Crippen molar-refractivity contribution in [1.29, 1.82) is 5.26 Å². The number of benzene rings is 4. The first-order valence-corrected chi connectivity index (χ1v) is 51.9. The van der Waals surface area contributed by atoms with Crippen LogP contribution in [0.4, 0.5) is 26.3 Å². The van der Waals surface area contributed by atoms with Crippen LogP contribution in [0.2, 0.25) is 5.02 Å². The molecule has 4 aliphatic rings. The lowest BCUT2D eigenvalue weighted by molar-refractivity contribution is -0.193. The van der Waals surface area contributed by atoms with Gasteiger partial charge in [0.25, 0.3) is 0 Å².